The Hall–Kier alpha value is -2.84. The number of aromatic nitrogens is 3. The minimum absolute atomic E-state index is 0.688. The van der Waals surface area contributed by atoms with Crippen LogP contribution >= 0.6 is 0 Å². The molecule has 3 heterocycles. The molecule has 0 spiro atoms. The molecular formula is C23H31N5O3. The van der Waals surface area contributed by atoms with Gasteiger partial charge in [-0.05, 0) is 44.5 Å². The van der Waals surface area contributed by atoms with E-state index in [1.54, 1.807) is 14.2 Å². The molecule has 0 atom stereocenters. The fourth-order valence-electron chi connectivity index (χ4n) is 4.04. The van der Waals surface area contributed by atoms with Crippen LogP contribution in [0, 0.1) is 13.8 Å². The van der Waals surface area contributed by atoms with Crippen molar-refractivity contribution in [1.29, 1.82) is 0 Å². The zero-order valence-electron chi connectivity index (χ0n) is 18.8. The predicted molar refractivity (Wildman–Crippen MR) is 121 cm³/mol. The summed E-state index contributed by atoms with van der Waals surface area (Å²) < 4.78 is 18.2. The minimum atomic E-state index is 0.688. The number of anilines is 1. The molecule has 1 aliphatic rings. The standard InChI is InChI=1S/C23H31N5O3/c1-16-14-21(24-8-5-9-27-10-12-31-13-11-27)28-23(25-16)22(17(2)26-28)18-6-7-19(29-3)20(15-18)30-4/h6-7,14-15,24H,5,8-13H2,1-4H3. The summed E-state index contributed by atoms with van der Waals surface area (Å²) in [6.45, 7) is 9.68. The van der Waals surface area contributed by atoms with Gasteiger partial charge in [0.25, 0.3) is 0 Å². The summed E-state index contributed by atoms with van der Waals surface area (Å²) in [5, 5.41) is 8.35. The molecule has 4 rings (SSSR count). The lowest BCUT2D eigenvalue weighted by atomic mass is 10.1. The zero-order valence-corrected chi connectivity index (χ0v) is 18.8. The van der Waals surface area contributed by atoms with Crippen molar-refractivity contribution in [2.45, 2.75) is 20.3 Å². The number of ether oxygens (including phenoxy) is 3. The number of fused-ring (bicyclic) bond motifs is 1. The smallest absolute Gasteiger partial charge is 0.165 e. The molecule has 0 bridgehead atoms. The van der Waals surface area contributed by atoms with E-state index in [2.05, 4.69) is 10.2 Å². The Labute approximate surface area is 183 Å². The second kappa shape index (κ2) is 9.53. The van der Waals surface area contributed by atoms with Crippen molar-refractivity contribution in [3.05, 3.63) is 35.7 Å². The second-order valence-electron chi connectivity index (χ2n) is 7.78. The molecular weight excluding hydrogens is 394 g/mol. The number of morpholine rings is 1. The Balaban J connectivity index is 1.58. The molecule has 8 nitrogen and oxygen atoms in total. The maximum absolute atomic E-state index is 5.49. The van der Waals surface area contributed by atoms with Crippen LogP contribution in [0.3, 0.4) is 0 Å². The highest BCUT2D eigenvalue weighted by Gasteiger charge is 2.18. The molecule has 3 aromatic rings. The van der Waals surface area contributed by atoms with E-state index in [-0.39, 0.29) is 0 Å². The van der Waals surface area contributed by atoms with E-state index in [4.69, 9.17) is 24.3 Å². The van der Waals surface area contributed by atoms with Gasteiger partial charge in [0.15, 0.2) is 17.1 Å². The maximum atomic E-state index is 5.49. The third kappa shape index (κ3) is 4.60. The predicted octanol–water partition coefficient (Wildman–Crippen LogP) is 3.16. The monoisotopic (exact) mass is 425 g/mol. The highest BCUT2D eigenvalue weighted by atomic mass is 16.5. The van der Waals surface area contributed by atoms with Crippen molar-refractivity contribution >= 4 is 11.5 Å². The van der Waals surface area contributed by atoms with Crippen molar-refractivity contribution in [2.24, 2.45) is 0 Å². The van der Waals surface area contributed by atoms with Crippen molar-refractivity contribution in [1.82, 2.24) is 19.5 Å². The molecule has 166 valence electrons. The molecule has 1 N–H and O–H groups in total. The van der Waals surface area contributed by atoms with Gasteiger partial charge in [0.05, 0.1) is 33.1 Å². The van der Waals surface area contributed by atoms with Crippen LogP contribution in [-0.4, -0.2) is 73.1 Å². The molecule has 0 unspecified atom stereocenters. The van der Waals surface area contributed by atoms with Crippen LogP contribution in [0.25, 0.3) is 16.8 Å². The summed E-state index contributed by atoms with van der Waals surface area (Å²) in [7, 11) is 3.28. The van der Waals surface area contributed by atoms with Gasteiger partial charge in [-0.1, -0.05) is 6.07 Å². The highest BCUT2D eigenvalue weighted by molar-refractivity contribution is 5.82. The van der Waals surface area contributed by atoms with Gasteiger partial charge in [-0.3, -0.25) is 4.90 Å². The number of hydrogen-bond donors (Lipinski definition) is 1. The second-order valence-corrected chi connectivity index (χ2v) is 7.78. The SMILES string of the molecule is COc1ccc(-c2c(C)nn3c(NCCCN4CCOCC4)cc(C)nc23)cc1OC. The lowest BCUT2D eigenvalue weighted by Crippen LogP contribution is -2.37. The largest absolute Gasteiger partial charge is 0.493 e. The highest BCUT2D eigenvalue weighted by Crippen LogP contribution is 2.35. The molecule has 0 aliphatic carbocycles. The van der Waals surface area contributed by atoms with Crippen LogP contribution in [-0.2, 0) is 4.74 Å². The number of aryl methyl sites for hydroxylation is 2. The summed E-state index contributed by atoms with van der Waals surface area (Å²) in [5.74, 6) is 2.35. The fraction of sp³-hybridized carbons (Fsp3) is 0.478. The van der Waals surface area contributed by atoms with E-state index in [9.17, 15) is 0 Å². The molecule has 0 radical (unpaired) electrons. The van der Waals surface area contributed by atoms with Crippen molar-refractivity contribution in [3.8, 4) is 22.6 Å². The Morgan fingerprint density at radius 1 is 1.06 bits per heavy atom. The van der Waals surface area contributed by atoms with Gasteiger partial charge in [0.2, 0.25) is 0 Å². The first-order chi connectivity index (χ1) is 15.1. The Kier molecular flexibility index (Phi) is 6.58. The molecule has 31 heavy (non-hydrogen) atoms. The lowest BCUT2D eigenvalue weighted by molar-refractivity contribution is 0.0378. The van der Waals surface area contributed by atoms with Gasteiger partial charge in [0, 0.05) is 37.0 Å². The average Bonchev–Trinajstić information content (AvgIpc) is 3.12. The van der Waals surface area contributed by atoms with Crippen LogP contribution < -0.4 is 14.8 Å². The third-order valence-corrected chi connectivity index (χ3v) is 5.63. The summed E-state index contributed by atoms with van der Waals surface area (Å²) in [6, 6.07) is 7.96. The van der Waals surface area contributed by atoms with Crippen molar-refractivity contribution in [2.75, 3.05) is 58.9 Å². The van der Waals surface area contributed by atoms with E-state index in [0.29, 0.717) is 11.5 Å². The van der Waals surface area contributed by atoms with E-state index in [1.165, 1.54) is 0 Å². The molecule has 8 heteroatoms. The molecule has 1 aliphatic heterocycles. The Morgan fingerprint density at radius 3 is 2.58 bits per heavy atom. The zero-order chi connectivity index (χ0) is 21.8. The van der Waals surface area contributed by atoms with Crippen LogP contribution in [0.15, 0.2) is 24.3 Å². The first-order valence-corrected chi connectivity index (χ1v) is 10.7. The first-order valence-electron chi connectivity index (χ1n) is 10.7. The van der Waals surface area contributed by atoms with E-state index in [0.717, 1.165) is 79.8 Å². The minimum Gasteiger partial charge on any atom is -0.493 e. The van der Waals surface area contributed by atoms with Gasteiger partial charge < -0.3 is 19.5 Å². The summed E-state index contributed by atoms with van der Waals surface area (Å²) in [6.07, 6.45) is 1.06. The van der Waals surface area contributed by atoms with Crippen molar-refractivity contribution in [3.63, 3.8) is 0 Å². The van der Waals surface area contributed by atoms with Crippen LogP contribution in [0.1, 0.15) is 17.8 Å². The normalized spacial score (nSPS) is 14.7. The topological polar surface area (TPSA) is 73.2 Å². The van der Waals surface area contributed by atoms with Gasteiger partial charge in [0.1, 0.15) is 5.82 Å². The Bertz CT molecular complexity index is 1040. The number of benzene rings is 1. The molecule has 2 aromatic heterocycles. The number of nitrogens with zero attached hydrogens (tertiary/aromatic N) is 4. The van der Waals surface area contributed by atoms with Crippen molar-refractivity contribution < 1.29 is 14.2 Å². The number of nitrogens with one attached hydrogen (secondary N) is 1. The molecule has 0 saturated carbocycles. The molecule has 1 fully saturated rings. The van der Waals surface area contributed by atoms with Crippen LogP contribution in [0.5, 0.6) is 11.5 Å². The van der Waals surface area contributed by atoms with Gasteiger partial charge >= 0.3 is 0 Å². The number of rotatable bonds is 8. The Morgan fingerprint density at radius 2 is 1.84 bits per heavy atom. The van der Waals surface area contributed by atoms with Gasteiger partial charge in [-0.25, -0.2) is 4.98 Å². The van der Waals surface area contributed by atoms with Crippen LogP contribution in [0.2, 0.25) is 0 Å². The van der Waals surface area contributed by atoms with E-state index in [1.807, 2.05) is 42.6 Å². The summed E-state index contributed by atoms with van der Waals surface area (Å²) in [5.41, 5.74) is 4.70. The number of methoxy groups -OCH3 is 2. The maximum Gasteiger partial charge on any atom is 0.165 e. The van der Waals surface area contributed by atoms with Gasteiger partial charge in [-0.2, -0.15) is 9.61 Å². The summed E-state index contributed by atoms with van der Waals surface area (Å²) in [4.78, 5) is 7.25. The van der Waals surface area contributed by atoms with E-state index >= 15 is 0 Å². The summed E-state index contributed by atoms with van der Waals surface area (Å²) >= 11 is 0. The first kappa shape index (κ1) is 21.4. The van der Waals surface area contributed by atoms with Gasteiger partial charge in [-0.15, -0.1) is 0 Å². The quantitative estimate of drug-likeness (QED) is 0.556. The molecule has 0 amide bonds. The van der Waals surface area contributed by atoms with E-state index < -0.39 is 0 Å². The molecule has 1 aromatic carbocycles. The fourth-order valence-corrected chi connectivity index (χ4v) is 4.04. The molecule has 1 saturated heterocycles. The van der Waals surface area contributed by atoms with Crippen LogP contribution in [0.4, 0.5) is 5.82 Å². The lowest BCUT2D eigenvalue weighted by Gasteiger charge is -2.26. The average molecular weight is 426 g/mol. The third-order valence-electron chi connectivity index (χ3n) is 5.63. The number of hydrogen-bond acceptors (Lipinski definition) is 7.